The van der Waals surface area contributed by atoms with Crippen molar-refractivity contribution in [1.29, 1.82) is 0 Å². The summed E-state index contributed by atoms with van der Waals surface area (Å²) in [5.74, 6) is 3.32. The van der Waals surface area contributed by atoms with Crippen LogP contribution >= 0.6 is 0 Å². The van der Waals surface area contributed by atoms with E-state index in [9.17, 15) is 4.79 Å². The Balaban J connectivity index is 1.26. The maximum absolute atomic E-state index is 13.6. The zero-order valence-electron chi connectivity index (χ0n) is 17.4. The maximum atomic E-state index is 13.6. The summed E-state index contributed by atoms with van der Waals surface area (Å²) < 4.78 is 1.87. The first kappa shape index (κ1) is 17.7. The van der Waals surface area contributed by atoms with Crippen LogP contribution in [0.1, 0.15) is 67.6 Å². The minimum Gasteiger partial charge on any atom is -0.337 e. The molecule has 29 heavy (non-hydrogen) atoms. The molecule has 0 N–H and O–H groups in total. The number of benzene rings is 1. The summed E-state index contributed by atoms with van der Waals surface area (Å²) in [6.07, 6.45) is 13.1. The molecule has 0 saturated heterocycles. The Labute approximate surface area is 173 Å². The number of nitrogens with zero attached hydrogens (tertiary/aromatic N) is 3. The lowest BCUT2D eigenvalue weighted by Gasteiger charge is -2.57. The topological polar surface area (TPSA) is 38.1 Å². The Morgan fingerprint density at radius 1 is 1.10 bits per heavy atom. The van der Waals surface area contributed by atoms with E-state index in [1.807, 2.05) is 17.9 Å². The highest BCUT2D eigenvalue weighted by Gasteiger charge is 2.52. The first-order valence-corrected chi connectivity index (χ1v) is 11.4. The molecule has 1 aromatic carbocycles. The summed E-state index contributed by atoms with van der Waals surface area (Å²) >= 11 is 0. The van der Waals surface area contributed by atoms with Crippen LogP contribution in [0.5, 0.6) is 0 Å². The van der Waals surface area contributed by atoms with Gasteiger partial charge in [-0.1, -0.05) is 24.3 Å². The van der Waals surface area contributed by atoms with Crippen molar-refractivity contribution in [2.24, 2.45) is 30.2 Å². The van der Waals surface area contributed by atoms with Gasteiger partial charge in [0.05, 0.1) is 6.20 Å². The third-order valence-corrected chi connectivity index (χ3v) is 8.37. The number of hydrogen-bond donors (Lipinski definition) is 0. The lowest BCUT2D eigenvalue weighted by molar-refractivity contribution is -0.140. The number of aryl methyl sites for hydroxylation is 1. The Hall–Kier alpha value is -2.10. The molecule has 1 aliphatic heterocycles. The van der Waals surface area contributed by atoms with Crippen LogP contribution in [0.3, 0.4) is 0 Å². The van der Waals surface area contributed by atoms with Crippen LogP contribution in [0.4, 0.5) is 0 Å². The second-order valence-electron chi connectivity index (χ2n) is 10.6. The van der Waals surface area contributed by atoms with Gasteiger partial charge in [-0.15, -0.1) is 0 Å². The fourth-order valence-corrected chi connectivity index (χ4v) is 7.64. The van der Waals surface area contributed by atoms with E-state index >= 15 is 0 Å². The van der Waals surface area contributed by atoms with Gasteiger partial charge in [0, 0.05) is 38.7 Å². The van der Waals surface area contributed by atoms with E-state index in [0.717, 1.165) is 37.3 Å². The van der Waals surface area contributed by atoms with Gasteiger partial charge in [-0.3, -0.25) is 9.48 Å². The average molecular weight is 390 g/mol. The van der Waals surface area contributed by atoms with Crippen LogP contribution < -0.4 is 0 Å². The third-order valence-electron chi connectivity index (χ3n) is 8.37. The Morgan fingerprint density at radius 3 is 2.45 bits per heavy atom. The van der Waals surface area contributed by atoms with Gasteiger partial charge >= 0.3 is 0 Å². The number of hydrogen-bond acceptors (Lipinski definition) is 2. The molecule has 4 heteroatoms. The molecule has 4 bridgehead atoms. The van der Waals surface area contributed by atoms with Crippen molar-refractivity contribution >= 4 is 5.91 Å². The molecule has 7 rings (SSSR count). The molecule has 2 aromatic rings. The van der Waals surface area contributed by atoms with Gasteiger partial charge in [0.1, 0.15) is 0 Å². The van der Waals surface area contributed by atoms with Crippen LogP contribution in [0, 0.1) is 23.2 Å². The molecular formula is C25H31N3O. The predicted molar refractivity (Wildman–Crippen MR) is 112 cm³/mol. The lowest BCUT2D eigenvalue weighted by Crippen LogP contribution is -2.49. The average Bonchev–Trinajstić information content (AvgIpc) is 3.12. The number of aromatic nitrogens is 2. The van der Waals surface area contributed by atoms with E-state index in [0.29, 0.717) is 11.3 Å². The molecule has 1 unspecified atom stereocenters. The van der Waals surface area contributed by atoms with Crippen molar-refractivity contribution in [2.75, 3.05) is 6.54 Å². The van der Waals surface area contributed by atoms with Crippen LogP contribution in [-0.2, 0) is 18.4 Å². The molecule has 1 amide bonds. The maximum Gasteiger partial charge on any atom is 0.223 e. The van der Waals surface area contributed by atoms with Gasteiger partial charge < -0.3 is 4.90 Å². The van der Waals surface area contributed by atoms with Gasteiger partial charge in [-0.05, 0) is 78.4 Å². The normalized spacial score (nSPS) is 35.0. The molecule has 152 valence electrons. The first-order valence-electron chi connectivity index (χ1n) is 11.4. The lowest BCUT2D eigenvalue weighted by atomic mass is 9.49. The molecule has 4 nitrogen and oxygen atoms in total. The van der Waals surface area contributed by atoms with Crippen molar-refractivity contribution in [2.45, 2.75) is 57.4 Å². The number of rotatable bonds is 3. The van der Waals surface area contributed by atoms with Gasteiger partial charge in [0.15, 0.2) is 0 Å². The van der Waals surface area contributed by atoms with Crippen molar-refractivity contribution in [3.05, 3.63) is 53.3 Å². The highest BCUT2D eigenvalue weighted by atomic mass is 16.2. The molecule has 0 spiro atoms. The summed E-state index contributed by atoms with van der Waals surface area (Å²) in [5.41, 5.74) is 4.19. The molecule has 5 aliphatic rings. The van der Waals surface area contributed by atoms with Gasteiger partial charge in [-0.2, -0.15) is 5.10 Å². The second-order valence-corrected chi connectivity index (χ2v) is 10.6. The largest absolute Gasteiger partial charge is 0.337 e. The Morgan fingerprint density at radius 2 is 1.79 bits per heavy atom. The smallest absolute Gasteiger partial charge is 0.223 e. The summed E-state index contributed by atoms with van der Waals surface area (Å²) in [7, 11) is 1.97. The number of amides is 1. The van der Waals surface area contributed by atoms with Gasteiger partial charge in [0.2, 0.25) is 5.91 Å². The molecule has 0 radical (unpaired) electrons. The van der Waals surface area contributed by atoms with Gasteiger partial charge in [0.25, 0.3) is 0 Å². The molecule has 4 saturated carbocycles. The fraction of sp³-hybridized carbons (Fsp3) is 0.600. The number of fused-ring (bicyclic) bond motifs is 1. The third kappa shape index (κ3) is 3.03. The number of carbonyl (C=O) groups is 1. The summed E-state index contributed by atoms with van der Waals surface area (Å²) in [4.78, 5) is 15.7. The minimum absolute atomic E-state index is 0.231. The highest BCUT2D eigenvalue weighted by molar-refractivity contribution is 5.77. The minimum atomic E-state index is 0.231. The molecule has 4 fully saturated rings. The molecule has 2 heterocycles. The van der Waals surface area contributed by atoms with E-state index < -0.39 is 0 Å². The van der Waals surface area contributed by atoms with Crippen molar-refractivity contribution in [3.8, 4) is 0 Å². The van der Waals surface area contributed by atoms with E-state index in [1.165, 1.54) is 55.2 Å². The number of carbonyl (C=O) groups excluding carboxylic acids is 1. The Kier molecular flexibility index (Phi) is 3.94. The highest BCUT2D eigenvalue weighted by Crippen LogP contribution is 2.61. The predicted octanol–water partition coefficient (Wildman–Crippen LogP) is 4.50. The van der Waals surface area contributed by atoms with Crippen LogP contribution in [0.15, 0.2) is 36.7 Å². The van der Waals surface area contributed by atoms with E-state index in [4.69, 9.17) is 0 Å². The zero-order chi connectivity index (χ0) is 19.6. The summed E-state index contributed by atoms with van der Waals surface area (Å²) in [6, 6.07) is 8.65. The molecule has 4 aliphatic carbocycles. The van der Waals surface area contributed by atoms with Gasteiger partial charge in [-0.25, -0.2) is 0 Å². The second kappa shape index (κ2) is 6.45. The standard InChI is InChI=1S/C25H31N3O/c1-27-14-21(13-26-27)23-16-28(15-20-4-2-3-5-22(20)23)24(29)12-25-9-17-6-18(10-25)8-19(7-17)11-25/h2-5,13-14,17-19,23H,6-12,15-16H2,1H3. The molecule has 1 aromatic heterocycles. The first-order chi connectivity index (χ1) is 14.1. The van der Waals surface area contributed by atoms with Crippen molar-refractivity contribution in [3.63, 3.8) is 0 Å². The zero-order valence-corrected chi connectivity index (χ0v) is 17.4. The summed E-state index contributed by atoms with van der Waals surface area (Å²) in [6.45, 7) is 1.55. The SMILES string of the molecule is Cn1cc(C2CN(C(=O)CC34CC5CC(CC(C5)C3)C4)Cc3ccccc32)cn1. The summed E-state index contributed by atoms with van der Waals surface area (Å²) in [5, 5.41) is 4.39. The fourth-order valence-electron chi connectivity index (χ4n) is 7.64. The van der Waals surface area contributed by atoms with Crippen molar-refractivity contribution < 1.29 is 4.79 Å². The molecular weight excluding hydrogens is 358 g/mol. The van der Waals surface area contributed by atoms with E-state index in [2.05, 4.69) is 40.5 Å². The van der Waals surface area contributed by atoms with Crippen LogP contribution in [0.2, 0.25) is 0 Å². The van der Waals surface area contributed by atoms with Crippen LogP contribution in [0.25, 0.3) is 0 Å². The van der Waals surface area contributed by atoms with E-state index in [1.54, 1.807) is 0 Å². The monoisotopic (exact) mass is 389 g/mol. The van der Waals surface area contributed by atoms with Crippen LogP contribution in [-0.4, -0.2) is 27.1 Å². The Bertz CT molecular complexity index is 910. The molecule has 1 atom stereocenters. The van der Waals surface area contributed by atoms with E-state index in [-0.39, 0.29) is 5.92 Å². The quantitative estimate of drug-likeness (QED) is 0.775. The van der Waals surface area contributed by atoms with Crippen molar-refractivity contribution in [1.82, 2.24) is 14.7 Å².